The summed E-state index contributed by atoms with van der Waals surface area (Å²) in [5, 5.41) is 3.00. The van der Waals surface area contributed by atoms with Gasteiger partial charge in [-0.25, -0.2) is 8.42 Å². The molecule has 2 bridgehead atoms. The summed E-state index contributed by atoms with van der Waals surface area (Å²) in [5.41, 5.74) is 0.620. The molecule has 160 valence electrons. The molecule has 2 aliphatic heterocycles. The zero-order valence-electron chi connectivity index (χ0n) is 17.3. The number of hydrogen-bond acceptors (Lipinski definition) is 4. The maximum atomic E-state index is 13.3. The van der Waals surface area contributed by atoms with Crippen LogP contribution < -0.4 is 10.1 Å². The molecular weight excluding hydrogens is 400 g/mol. The first-order chi connectivity index (χ1) is 14.4. The quantitative estimate of drug-likeness (QED) is 0.757. The van der Waals surface area contributed by atoms with Crippen molar-refractivity contribution in [3.8, 4) is 5.75 Å². The first-order valence-corrected chi connectivity index (χ1v) is 11.9. The minimum absolute atomic E-state index is 0.0137. The van der Waals surface area contributed by atoms with E-state index in [1.807, 2.05) is 38.1 Å². The maximum Gasteiger partial charge on any atom is 0.243 e. The monoisotopic (exact) mass is 428 g/mol. The molecule has 0 unspecified atom stereocenters. The van der Waals surface area contributed by atoms with Crippen molar-refractivity contribution in [2.45, 2.75) is 50.2 Å². The van der Waals surface area contributed by atoms with Crippen LogP contribution in [-0.2, 0) is 14.8 Å². The zero-order valence-corrected chi connectivity index (χ0v) is 18.1. The molecule has 2 heterocycles. The Labute approximate surface area is 178 Å². The van der Waals surface area contributed by atoms with Gasteiger partial charge >= 0.3 is 0 Å². The molecule has 2 saturated heterocycles. The van der Waals surface area contributed by atoms with Crippen LogP contribution in [0.5, 0.6) is 5.75 Å². The summed E-state index contributed by atoms with van der Waals surface area (Å²) in [5.74, 6) is 0.308. The third kappa shape index (κ3) is 4.09. The number of carbonyl (C=O) groups excluding carboxylic acids is 1. The molecule has 0 spiro atoms. The Bertz CT molecular complexity index is 1010. The highest BCUT2D eigenvalue weighted by Crippen LogP contribution is 2.42. The van der Waals surface area contributed by atoms with Gasteiger partial charge < -0.3 is 10.1 Å². The van der Waals surface area contributed by atoms with Crippen molar-refractivity contribution in [3.63, 3.8) is 0 Å². The molecule has 1 saturated carbocycles. The van der Waals surface area contributed by atoms with Crippen molar-refractivity contribution in [1.82, 2.24) is 4.31 Å². The molecule has 3 fully saturated rings. The summed E-state index contributed by atoms with van der Waals surface area (Å²) in [6.45, 7) is 4.36. The second kappa shape index (κ2) is 8.40. The van der Waals surface area contributed by atoms with Crippen LogP contribution in [0.2, 0.25) is 0 Å². The number of fused-ring (bicyclic) bond motifs is 3. The van der Waals surface area contributed by atoms with Crippen LogP contribution in [0.4, 0.5) is 5.69 Å². The lowest BCUT2D eigenvalue weighted by Crippen LogP contribution is -2.57. The summed E-state index contributed by atoms with van der Waals surface area (Å²) in [4.78, 5) is 13.5. The van der Waals surface area contributed by atoms with Crippen molar-refractivity contribution in [3.05, 3.63) is 54.6 Å². The molecular formula is C23H28N2O4S. The first kappa shape index (κ1) is 20.9. The summed E-state index contributed by atoms with van der Waals surface area (Å²) in [7, 11) is -3.63. The molecule has 0 aromatic heterocycles. The number of sulfonamides is 1. The van der Waals surface area contributed by atoms with E-state index in [0.717, 1.165) is 6.42 Å². The second-order valence-corrected chi connectivity index (χ2v) is 10.3. The highest BCUT2D eigenvalue weighted by atomic mass is 32.2. The third-order valence-corrected chi connectivity index (χ3v) is 7.83. The van der Waals surface area contributed by atoms with Gasteiger partial charge in [0.05, 0.1) is 22.6 Å². The Morgan fingerprint density at radius 2 is 1.77 bits per heavy atom. The Balaban J connectivity index is 1.56. The Hall–Kier alpha value is -2.38. The van der Waals surface area contributed by atoms with Crippen molar-refractivity contribution >= 4 is 21.6 Å². The van der Waals surface area contributed by atoms with E-state index in [1.165, 1.54) is 0 Å². The second-order valence-electron chi connectivity index (χ2n) is 8.39. The highest BCUT2D eigenvalue weighted by Gasteiger charge is 2.48. The molecule has 6 nitrogen and oxygen atoms in total. The van der Waals surface area contributed by atoms with E-state index in [-0.39, 0.29) is 34.8 Å². The van der Waals surface area contributed by atoms with E-state index in [4.69, 9.17) is 4.74 Å². The molecule has 3 aliphatic rings. The van der Waals surface area contributed by atoms with E-state index in [2.05, 4.69) is 5.32 Å². The number of carbonyl (C=O) groups is 1. The number of hydrogen-bond donors (Lipinski definition) is 1. The summed E-state index contributed by atoms with van der Waals surface area (Å²) >= 11 is 0. The predicted octanol–water partition coefficient (Wildman–Crippen LogP) is 3.90. The van der Waals surface area contributed by atoms with Crippen molar-refractivity contribution < 1.29 is 17.9 Å². The van der Waals surface area contributed by atoms with Crippen molar-refractivity contribution in [1.29, 1.82) is 0 Å². The van der Waals surface area contributed by atoms with Crippen LogP contribution in [0.3, 0.4) is 0 Å². The standard InChI is InChI=1S/C23H28N2O4S/c1-16(2)29-22-11-7-6-10-20(22)24-23(26)19-14-17-12-13-21(19)25(15-17)30(27,28)18-8-4-3-5-9-18/h3-11,16-17,19,21H,12-15H2,1-2H3,(H,24,26)/t17-,19+,21+/m0/s1. The Morgan fingerprint density at radius 3 is 2.47 bits per heavy atom. The van der Waals surface area contributed by atoms with E-state index >= 15 is 0 Å². The van der Waals surface area contributed by atoms with E-state index in [9.17, 15) is 13.2 Å². The number of anilines is 1. The van der Waals surface area contributed by atoms with Gasteiger partial charge in [-0.15, -0.1) is 0 Å². The van der Waals surface area contributed by atoms with Gasteiger partial charge in [0.2, 0.25) is 15.9 Å². The van der Waals surface area contributed by atoms with Gasteiger partial charge in [0.1, 0.15) is 5.75 Å². The highest BCUT2D eigenvalue weighted by molar-refractivity contribution is 7.89. The SMILES string of the molecule is CC(C)Oc1ccccc1NC(=O)[C@@H]1C[C@@H]2CC[C@H]1N(S(=O)(=O)c1ccccc1)C2. The Kier molecular flexibility index (Phi) is 5.84. The molecule has 7 heteroatoms. The lowest BCUT2D eigenvalue weighted by Gasteiger charge is -2.48. The summed E-state index contributed by atoms with van der Waals surface area (Å²) < 4.78 is 33.9. The molecule has 1 aliphatic carbocycles. The van der Waals surface area contributed by atoms with Crippen LogP contribution in [-0.4, -0.2) is 37.3 Å². The number of nitrogens with zero attached hydrogens (tertiary/aromatic N) is 1. The van der Waals surface area contributed by atoms with E-state index in [1.54, 1.807) is 34.6 Å². The third-order valence-electron chi connectivity index (χ3n) is 5.92. The largest absolute Gasteiger partial charge is 0.489 e. The fourth-order valence-electron chi connectivity index (χ4n) is 4.58. The minimum Gasteiger partial charge on any atom is -0.489 e. The number of para-hydroxylation sites is 2. The lowest BCUT2D eigenvalue weighted by molar-refractivity contribution is -0.125. The van der Waals surface area contributed by atoms with Crippen LogP contribution in [0, 0.1) is 11.8 Å². The van der Waals surface area contributed by atoms with Gasteiger partial charge in [0, 0.05) is 12.6 Å². The molecule has 0 radical (unpaired) electrons. The van der Waals surface area contributed by atoms with Crippen LogP contribution >= 0.6 is 0 Å². The molecule has 30 heavy (non-hydrogen) atoms. The Morgan fingerprint density at radius 1 is 1.07 bits per heavy atom. The van der Waals surface area contributed by atoms with Crippen LogP contribution in [0.15, 0.2) is 59.5 Å². The topological polar surface area (TPSA) is 75.7 Å². The average Bonchev–Trinajstić information content (AvgIpc) is 2.75. The van der Waals surface area contributed by atoms with Gasteiger partial charge in [-0.3, -0.25) is 4.79 Å². The fraction of sp³-hybridized carbons (Fsp3) is 0.435. The molecule has 1 amide bonds. The van der Waals surface area contributed by atoms with Crippen molar-refractivity contribution in [2.24, 2.45) is 11.8 Å². The smallest absolute Gasteiger partial charge is 0.243 e. The molecule has 2 aromatic rings. The molecule has 3 atom stereocenters. The normalized spacial score (nSPS) is 24.0. The van der Waals surface area contributed by atoms with Gasteiger partial charge in [0.25, 0.3) is 0 Å². The lowest BCUT2D eigenvalue weighted by atomic mass is 9.73. The summed E-state index contributed by atoms with van der Waals surface area (Å²) in [6, 6.07) is 15.5. The molecule has 2 aromatic carbocycles. The number of nitrogens with one attached hydrogen (secondary N) is 1. The van der Waals surface area contributed by atoms with E-state index in [0.29, 0.717) is 30.8 Å². The molecule has 1 N–H and O–H groups in total. The number of rotatable bonds is 6. The van der Waals surface area contributed by atoms with Crippen LogP contribution in [0.1, 0.15) is 33.1 Å². The van der Waals surface area contributed by atoms with Gasteiger partial charge in [-0.1, -0.05) is 30.3 Å². The van der Waals surface area contributed by atoms with Gasteiger partial charge in [-0.2, -0.15) is 4.31 Å². The number of ether oxygens (including phenoxy) is 1. The zero-order chi connectivity index (χ0) is 21.3. The van der Waals surface area contributed by atoms with Gasteiger partial charge in [-0.05, 0) is 63.3 Å². The van der Waals surface area contributed by atoms with Crippen LogP contribution in [0.25, 0.3) is 0 Å². The number of piperidine rings is 2. The minimum atomic E-state index is -3.63. The average molecular weight is 429 g/mol. The first-order valence-electron chi connectivity index (χ1n) is 10.5. The predicted molar refractivity (Wildman–Crippen MR) is 116 cm³/mol. The van der Waals surface area contributed by atoms with Gasteiger partial charge in [0.15, 0.2) is 0 Å². The number of benzene rings is 2. The number of amides is 1. The van der Waals surface area contributed by atoms with E-state index < -0.39 is 10.0 Å². The van der Waals surface area contributed by atoms with Crippen molar-refractivity contribution in [2.75, 3.05) is 11.9 Å². The fourth-order valence-corrected chi connectivity index (χ4v) is 6.37. The molecule has 5 rings (SSSR count). The maximum absolute atomic E-state index is 13.3. The summed E-state index contributed by atoms with van der Waals surface area (Å²) in [6.07, 6.45) is 2.37.